The Labute approximate surface area is 224 Å². The third-order valence-corrected chi connectivity index (χ3v) is 6.78. The molecule has 1 unspecified atom stereocenters. The average Bonchev–Trinajstić information content (AvgIpc) is 3.45. The average molecular weight is 531 g/mol. The van der Waals surface area contributed by atoms with Crippen LogP contribution in [0.3, 0.4) is 0 Å². The highest BCUT2D eigenvalue weighted by Crippen LogP contribution is 2.46. The van der Waals surface area contributed by atoms with Crippen molar-refractivity contribution in [2.45, 2.75) is 39.3 Å². The number of methoxy groups -OCH3 is 1. The van der Waals surface area contributed by atoms with Gasteiger partial charge < -0.3 is 9.30 Å². The Morgan fingerprint density at radius 2 is 1.92 bits per heavy atom. The molecule has 0 aliphatic carbocycles. The van der Waals surface area contributed by atoms with Gasteiger partial charge in [-0.1, -0.05) is 48.9 Å². The van der Waals surface area contributed by atoms with Crippen LogP contribution in [0, 0.1) is 12.4 Å². The number of ether oxygens (including phenoxy) is 1. The summed E-state index contributed by atoms with van der Waals surface area (Å²) in [7, 11) is 1.53. The smallest absolute Gasteiger partial charge is 0.279 e. The molecule has 0 saturated heterocycles. The molecule has 8 nitrogen and oxygen atoms in total. The van der Waals surface area contributed by atoms with Crippen molar-refractivity contribution in [1.82, 2.24) is 19.5 Å². The minimum atomic E-state index is -0.726. The molecule has 10 heteroatoms. The molecular formula is C28H24ClFN6O2. The normalized spacial score (nSPS) is 14.6. The monoisotopic (exact) mass is 530 g/mol. The molecule has 3 heterocycles. The van der Waals surface area contributed by atoms with Crippen LogP contribution in [0.1, 0.15) is 60.4 Å². The second-order valence-electron chi connectivity index (χ2n) is 9.05. The number of hydrogen-bond donors (Lipinski definition) is 0. The number of hydrogen-bond acceptors (Lipinski definition) is 5. The lowest BCUT2D eigenvalue weighted by atomic mass is 10.0. The molecule has 1 atom stereocenters. The van der Waals surface area contributed by atoms with Crippen molar-refractivity contribution in [1.29, 1.82) is 0 Å². The van der Waals surface area contributed by atoms with Gasteiger partial charge in [-0.25, -0.2) is 19.2 Å². The molecule has 0 radical (unpaired) electrons. The molecule has 2 aromatic heterocycles. The van der Waals surface area contributed by atoms with E-state index < -0.39 is 17.8 Å². The maximum Gasteiger partial charge on any atom is 0.279 e. The Kier molecular flexibility index (Phi) is 6.59. The molecule has 5 rings (SSSR count). The van der Waals surface area contributed by atoms with E-state index in [2.05, 4.69) is 14.8 Å². The molecule has 38 heavy (non-hydrogen) atoms. The number of anilines is 1. The van der Waals surface area contributed by atoms with E-state index in [1.807, 2.05) is 25.3 Å². The van der Waals surface area contributed by atoms with Gasteiger partial charge in [0.25, 0.3) is 5.91 Å². The SMILES string of the molecule is [C-]#[N+]c1ccc(C2c3c(nc(-c4cnc(CC)nc4OC)n3C(C)C)C(=O)N2c2cccc(Cl)c2F)cc1. The fourth-order valence-electron chi connectivity index (χ4n) is 4.78. The molecule has 0 N–H and O–H groups in total. The summed E-state index contributed by atoms with van der Waals surface area (Å²) in [6.45, 7) is 13.2. The first kappa shape index (κ1) is 25.4. The first-order valence-corrected chi connectivity index (χ1v) is 12.5. The molecule has 0 fully saturated rings. The number of aromatic nitrogens is 4. The van der Waals surface area contributed by atoms with Gasteiger partial charge in [0.1, 0.15) is 17.7 Å². The van der Waals surface area contributed by atoms with Crippen LogP contribution in [0.25, 0.3) is 16.2 Å². The number of imidazole rings is 1. The molecule has 1 aliphatic rings. The van der Waals surface area contributed by atoms with Crippen LogP contribution in [0.4, 0.5) is 15.8 Å². The standard InChI is InChI=1S/C28H24ClFN6O2/c1-6-21-32-14-18(27(33-21)38-5)26-34-23-25(35(26)15(2)3)24(16-10-12-17(31-4)13-11-16)36(28(23)37)20-9-7-8-19(29)22(20)30/h7-15,24H,6H2,1-3,5H3. The first-order valence-electron chi connectivity index (χ1n) is 12.1. The second kappa shape index (κ2) is 9.88. The number of carbonyl (C=O) groups is 1. The largest absolute Gasteiger partial charge is 0.480 e. The number of nitrogens with zero attached hydrogens (tertiary/aromatic N) is 6. The second-order valence-corrected chi connectivity index (χ2v) is 9.46. The molecule has 0 saturated carbocycles. The van der Waals surface area contributed by atoms with Crippen LogP contribution in [-0.4, -0.2) is 32.5 Å². The van der Waals surface area contributed by atoms with Gasteiger partial charge in [0, 0.05) is 18.7 Å². The van der Waals surface area contributed by atoms with Crippen molar-refractivity contribution in [2.75, 3.05) is 12.0 Å². The zero-order chi connectivity index (χ0) is 27.1. The Morgan fingerprint density at radius 3 is 2.55 bits per heavy atom. The number of halogens is 2. The number of rotatable bonds is 6. The summed E-state index contributed by atoms with van der Waals surface area (Å²) in [5.41, 5.74) is 2.52. The number of carbonyl (C=O) groups excluding carboxylic acids is 1. The van der Waals surface area contributed by atoms with Crippen LogP contribution < -0.4 is 9.64 Å². The number of amides is 1. The van der Waals surface area contributed by atoms with Gasteiger partial charge in [-0.05, 0) is 31.5 Å². The Morgan fingerprint density at radius 1 is 1.18 bits per heavy atom. The lowest BCUT2D eigenvalue weighted by molar-refractivity contribution is 0.0988. The maximum absolute atomic E-state index is 15.3. The van der Waals surface area contributed by atoms with Gasteiger partial charge in [0.15, 0.2) is 17.2 Å². The summed E-state index contributed by atoms with van der Waals surface area (Å²) in [5, 5.41) is -0.0905. The van der Waals surface area contributed by atoms with Crippen molar-refractivity contribution in [2.24, 2.45) is 0 Å². The van der Waals surface area contributed by atoms with Gasteiger partial charge in [-0.2, -0.15) is 4.98 Å². The third-order valence-electron chi connectivity index (χ3n) is 6.49. The topological polar surface area (TPSA) is 77.5 Å². The van der Waals surface area contributed by atoms with E-state index >= 15 is 4.39 Å². The van der Waals surface area contributed by atoms with Gasteiger partial charge in [0.05, 0.1) is 35.6 Å². The highest BCUT2D eigenvalue weighted by Gasteiger charge is 2.46. The fourth-order valence-corrected chi connectivity index (χ4v) is 4.94. The zero-order valence-electron chi connectivity index (χ0n) is 21.2. The van der Waals surface area contributed by atoms with Crippen LogP contribution in [0.5, 0.6) is 5.88 Å². The Hall–Kier alpha value is -4.29. The van der Waals surface area contributed by atoms with Crippen LogP contribution in [-0.2, 0) is 6.42 Å². The van der Waals surface area contributed by atoms with Crippen LogP contribution in [0.2, 0.25) is 5.02 Å². The molecule has 4 aromatic rings. The lowest BCUT2D eigenvalue weighted by Gasteiger charge is -2.29. The zero-order valence-corrected chi connectivity index (χ0v) is 22.0. The highest BCUT2D eigenvalue weighted by molar-refractivity contribution is 6.31. The quantitative estimate of drug-likeness (QED) is 0.263. The summed E-state index contributed by atoms with van der Waals surface area (Å²) in [4.78, 5) is 32.5. The van der Waals surface area contributed by atoms with Crippen molar-refractivity contribution >= 4 is 28.9 Å². The Balaban J connectivity index is 1.79. The van der Waals surface area contributed by atoms with Crippen LogP contribution >= 0.6 is 11.6 Å². The van der Waals surface area contributed by atoms with Gasteiger partial charge in [0.2, 0.25) is 5.88 Å². The summed E-state index contributed by atoms with van der Waals surface area (Å²) in [6.07, 6.45) is 2.28. The molecule has 0 spiro atoms. The van der Waals surface area contributed by atoms with E-state index in [-0.39, 0.29) is 22.4 Å². The van der Waals surface area contributed by atoms with Crippen molar-refractivity contribution in [3.05, 3.63) is 93.7 Å². The third kappa shape index (κ3) is 3.98. The summed E-state index contributed by atoms with van der Waals surface area (Å²) in [6, 6.07) is 10.6. The predicted octanol–water partition coefficient (Wildman–Crippen LogP) is 6.59. The minimum absolute atomic E-state index is 0.0461. The predicted molar refractivity (Wildman–Crippen MR) is 142 cm³/mol. The minimum Gasteiger partial charge on any atom is -0.480 e. The van der Waals surface area contributed by atoms with Gasteiger partial charge in [-0.3, -0.25) is 9.69 Å². The molecular weight excluding hydrogens is 507 g/mol. The molecule has 1 amide bonds. The molecule has 1 aliphatic heterocycles. The molecule has 0 bridgehead atoms. The van der Waals surface area contributed by atoms with E-state index in [1.165, 1.54) is 24.1 Å². The lowest BCUT2D eigenvalue weighted by Crippen LogP contribution is -2.31. The summed E-state index contributed by atoms with van der Waals surface area (Å²) < 4.78 is 22.8. The van der Waals surface area contributed by atoms with E-state index in [0.29, 0.717) is 46.5 Å². The summed E-state index contributed by atoms with van der Waals surface area (Å²) in [5.74, 6) is 0.290. The van der Waals surface area contributed by atoms with Gasteiger partial charge in [-0.15, -0.1) is 0 Å². The molecule has 2 aromatic carbocycles. The van der Waals surface area contributed by atoms with E-state index in [9.17, 15) is 4.79 Å². The highest BCUT2D eigenvalue weighted by atomic mass is 35.5. The Bertz CT molecular complexity index is 1590. The van der Waals surface area contributed by atoms with Gasteiger partial charge >= 0.3 is 0 Å². The summed E-state index contributed by atoms with van der Waals surface area (Å²) >= 11 is 6.11. The van der Waals surface area contributed by atoms with Crippen LogP contribution in [0.15, 0.2) is 48.7 Å². The maximum atomic E-state index is 15.3. The number of aryl methyl sites for hydroxylation is 1. The number of benzene rings is 2. The fraction of sp³-hybridized carbons (Fsp3) is 0.250. The van der Waals surface area contributed by atoms with Crippen molar-refractivity contribution in [3.8, 4) is 17.3 Å². The van der Waals surface area contributed by atoms with E-state index in [1.54, 1.807) is 36.5 Å². The number of fused-ring (bicyclic) bond motifs is 1. The van der Waals surface area contributed by atoms with E-state index in [0.717, 1.165) is 0 Å². The van der Waals surface area contributed by atoms with Crippen molar-refractivity contribution in [3.63, 3.8) is 0 Å². The first-order chi connectivity index (χ1) is 18.3. The molecule has 192 valence electrons. The van der Waals surface area contributed by atoms with Crippen molar-refractivity contribution < 1.29 is 13.9 Å². The van der Waals surface area contributed by atoms with E-state index in [4.69, 9.17) is 27.9 Å².